The lowest BCUT2D eigenvalue weighted by Gasteiger charge is -2.10. The average molecular weight is 245 g/mol. The van der Waals surface area contributed by atoms with Crippen molar-refractivity contribution in [3.8, 4) is 0 Å². The smallest absolute Gasteiger partial charge is 0.0624 e. The maximum Gasteiger partial charge on any atom is 0.0624 e. The third kappa shape index (κ3) is 2.87. The Bertz CT molecular complexity index is 347. The van der Waals surface area contributed by atoms with Crippen LogP contribution in [0.15, 0.2) is 18.2 Å². The number of aliphatic hydroxyl groups excluding tert-OH is 1. The topological polar surface area (TPSA) is 20.2 Å². The SMILES string of the molecule is OC(CCc1cccc(Cl)c1Cl)C1CC1. The summed E-state index contributed by atoms with van der Waals surface area (Å²) in [5.74, 6) is 0.531. The van der Waals surface area contributed by atoms with E-state index in [0.717, 1.165) is 18.4 Å². The second kappa shape index (κ2) is 4.73. The van der Waals surface area contributed by atoms with E-state index in [9.17, 15) is 5.11 Å². The van der Waals surface area contributed by atoms with Gasteiger partial charge in [0.05, 0.1) is 16.1 Å². The normalized spacial score (nSPS) is 17.8. The number of hydrogen-bond acceptors (Lipinski definition) is 1. The molecule has 82 valence electrons. The molecule has 3 heteroatoms. The van der Waals surface area contributed by atoms with Crippen LogP contribution in [0.4, 0.5) is 0 Å². The number of hydrogen-bond donors (Lipinski definition) is 1. The highest BCUT2D eigenvalue weighted by Gasteiger charge is 2.29. The molecule has 0 bridgehead atoms. The maximum atomic E-state index is 9.73. The summed E-state index contributed by atoms with van der Waals surface area (Å²) < 4.78 is 0. The third-order valence-corrected chi connectivity index (χ3v) is 3.77. The zero-order chi connectivity index (χ0) is 10.8. The molecule has 1 aromatic rings. The van der Waals surface area contributed by atoms with Crippen molar-refractivity contribution < 1.29 is 5.11 Å². The lowest BCUT2D eigenvalue weighted by molar-refractivity contribution is 0.142. The predicted octanol–water partition coefficient (Wildman–Crippen LogP) is 3.70. The van der Waals surface area contributed by atoms with Crippen LogP contribution in [0, 0.1) is 5.92 Å². The predicted molar refractivity (Wildman–Crippen MR) is 63.5 cm³/mol. The van der Waals surface area contributed by atoms with Gasteiger partial charge in [0, 0.05) is 0 Å². The first-order valence-electron chi connectivity index (χ1n) is 5.29. The Labute approximate surface area is 100 Å². The maximum absolute atomic E-state index is 9.73. The average Bonchev–Trinajstić information content (AvgIpc) is 3.03. The van der Waals surface area contributed by atoms with E-state index in [1.807, 2.05) is 12.1 Å². The molecule has 1 N–H and O–H groups in total. The van der Waals surface area contributed by atoms with Crippen LogP contribution in [0.1, 0.15) is 24.8 Å². The van der Waals surface area contributed by atoms with Crippen molar-refractivity contribution in [2.24, 2.45) is 5.92 Å². The Morgan fingerprint density at radius 2 is 2.07 bits per heavy atom. The van der Waals surface area contributed by atoms with Gasteiger partial charge >= 0.3 is 0 Å². The van der Waals surface area contributed by atoms with E-state index in [2.05, 4.69) is 0 Å². The first-order chi connectivity index (χ1) is 7.18. The summed E-state index contributed by atoms with van der Waals surface area (Å²) in [5.41, 5.74) is 1.03. The van der Waals surface area contributed by atoms with Crippen LogP contribution >= 0.6 is 23.2 Å². The van der Waals surface area contributed by atoms with Gasteiger partial charge < -0.3 is 5.11 Å². The molecule has 0 aromatic heterocycles. The highest BCUT2D eigenvalue weighted by atomic mass is 35.5. The number of aliphatic hydroxyl groups is 1. The van der Waals surface area contributed by atoms with E-state index in [1.54, 1.807) is 6.07 Å². The number of aryl methyl sites for hydroxylation is 1. The summed E-state index contributed by atoms with van der Waals surface area (Å²) in [6.07, 6.45) is 3.76. The van der Waals surface area contributed by atoms with Crippen molar-refractivity contribution in [2.75, 3.05) is 0 Å². The summed E-state index contributed by atoms with van der Waals surface area (Å²) in [4.78, 5) is 0. The van der Waals surface area contributed by atoms with Gasteiger partial charge in [-0.3, -0.25) is 0 Å². The van der Waals surface area contributed by atoms with Crippen LogP contribution in [0.25, 0.3) is 0 Å². The van der Waals surface area contributed by atoms with Crippen molar-refractivity contribution >= 4 is 23.2 Å². The summed E-state index contributed by atoms with van der Waals surface area (Å²) in [6, 6.07) is 5.64. The van der Waals surface area contributed by atoms with E-state index in [4.69, 9.17) is 23.2 Å². The molecule has 1 unspecified atom stereocenters. The summed E-state index contributed by atoms with van der Waals surface area (Å²) in [5, 5.41) is 11.0. The van der Waals surface area contributed by atoms with E-state index >= 15 is 0 Å². The molecule has 1 fully saturated rings. The molecule has 0 saturated heterocycles. The lowest BCUT2D eigenvalue weighted by Crippen LogP contribution is -2.10. The third-order valence-electron chi connectivity index (χ3n) is 2.91. The molecule has 0 radical (unpaired) electrons. The van der Waals surface area contributed by atoms with E-state index < -0.39 is 0 Å². The molecular weight excluding hydrogens is 231 g/mol. The molecule has 0 amide bonds. The zero-order valence-electron chi connectivity index (χ0n) is 8.42. The van der Waals surface area contributed by atoms with Gasteiger partial charge in [-0.25, -0.2) is 0 Å². The number of halogens is 2. The van der Waals surface area contributed by atoms with Gasteiger partial charge in [0.15, 0.2) is 0 Å². The number of rotatable bonds is 4. The van der Waals surface area contributed by atoms with Crippen LogP contribution in [-0.4, -0.2) is 11.2 Å². The van der Waals surface area contributed by atoms with Gasteiger partial charge in [0.2, 0.25) is 0 Å². The van der Waals surface area contributed by atoms with Gasteiger partial charge in [-0.2, -0.15) is 0 Å². The lowest BCUT2D eigenvalue weighted by atomic mass is 10.0. The van der Waals surface area contributed by atoms with Crippen LogP contribution in [-0.2, 0) is 6.42 Å². The summed E-state index contributed by atoms with van der Waals surface area (Å²) in [7, 11) is 0. The molecule has 1 nitrogen and oxygen atoms in total. The van der Waals surface area contributed by atoms with Gasteiger partial charge in [-0.1, -0.05) is 35.3 Å². The Kier molecular flexibility index (Phi) is 3.55. The minimum Gasteiger partial charge on any atom is -0.393 e. The summed E-state index contributed by atoms with van der Waals surface area (Å²) >= 11 is 12.0. The minimum absolute atomic E-state index is 0.167. The highest BCUT2D eigenvalue weighted by Crippen LogP contribution is 2.35. The van der Waals surface area contributed by atoms with E-state index in [-0.39, 0.29) is 6.10 Å². The molecule has 1 aromatic carbocycles. The quantitative estimate of drug-likeness (QED) is 0.857. The second-order valence-electron chi connectivity index (χ2n) is 4.16. The molecule has 1 saturated carbocycles. The fourth-order valence-corrected chi connectivity index (χ4v) is 2.18. The van der Waals surface area contributed by atoms with E-state index in [0.29, 0.717) is 16.0 Å². The molecular formula is C12H14Cl2O. The van der Waals surface area contributed by atoms with Gasteiger partial charge in [-0.15, -0.1) is 0 Å². The standard InChI is InChI=1S/C12H14Cl2O/c13-10-3-1-2-9(12(10)14)6-7-11(15)8-4-5-8/h1-3,8,11,15H,4-7H2. The van der Waals surface area contributed by atoms with E-state index in [1.165, 1.54) is 12.8 Å². The van der Waals surface area contributed by atoms with Crippen molar-refractivity contribution in [1.29, 1.82) is 0 Å². The van der Waals surface area contributed by atoms with Crippen LogP contribution in [0.5, 0.6) is 0 Å². The van der Waals surface area contributed by atoms with Gasteiger partial charge in [-0.05, 0) is 43.2 Å². The molecule has 1 aliphatic carbocycles. The fourth-order valence-electron chi connectivity index (χ4n) is 1.76. The van der Waals surface area contributed by atoms with Crippen LogP contribution in [0.2, 0.25) is 10.0 Å². The molecule has 0 spiro atoms. The minimum atomic E-state index is -0.167. The largest absolute Gasteiger partial charge is 0.393 e. The van der Waals surface area contributed by atoms with Crippen LogP contribution in [0.3, 0.4) is 0 Å². The molecule has 2 rings (SSSR count). The second-order valence-corrected chi connectivity index (χ2v) is 4.94. The van der Waals surface area contributed by atoms with Crippen molar-refractivity contribution in [3.05, 3.63) is 33.8 Å². The number of benzene rings is 1. The Morgan fingerprint density at radius 3 is 2.73 bits per heavy atom. The summed E-state index contributed by atoms with van der Waals surface area (Å²) in [6.45, 7) is 0. The van der Waals surface area contributed by atoms with Crippen molar-refractivity contribution in [3.63, 3.8) is 0 Å². The molecule has 0 heterocycles. The Hall–Kier alpha value is -0.240. The van der Waals surface area contributed by atoms with Crippen molar-refractivity contribution in [1.82, 2.24) is 0 Å². The van der Waals surface area contributed by atoms with Crippen molar-refractivity contribution in [2.45, 2.75) is 31.8 Å². The van der Waals surface area contributed by atoms with Gasteiger partial charge in [0.25, 0.3) is 0 Å². The highest BCUT2D eigenvalue weighted by molar-refractivity contribution is 6.42. The first kappa shape index (κ1) is 11.3. The van der Waals surface area contributed by atoms with Gasteiger partial charge in [0.1, 0.15) is 0 Å². The monoisotopic (exact) mass is 244 g/mol. The zero-order valence-corrected chi connectivity index (χ0v) is 9.93. The van der Waals surface area contributed by atoms with Crippen LogP contribution < -0.4 is 0 Å². The first-order valence-corrected chi connectivity index (χ1v) is 6.05. The molecule has 1 aliphatic rings. The molecule has 15 heavy (non-hydrogen) atoms. The Balaban J connectivity index is 1.95. The molecule has 1 atom stereocenters. The Morgan fingerprint density at radius 1 is 1.33 bits per heavy atom. The fraction of sp³-hybridized carbons (Fsp3) is 0.500. The molecule has 0 aliphatic heterocycles.